The molecule has 0 aliphatic carbocycles. The van der Waals surface area contributed by atoms with Gasteiger partial charge in [0.2, 0.25) is 5.88 Å². The zero-order chi connectivity index (χ0) is 14.1. The molecule has 3 nitrogen and oxygen atoms in total. The van der Waals surface area contributed by atoms with Crippen LogP contribution in [-0.4, -0.2) is 5.16 Å². The van der Waals surface area contributed by atoms with Gasteiger partial charge in [-0.25, -0.2) is 0 Å². The van der Waals surface area contributed by atoms with Crippen LogP contribution in [0.4, 0.5) is 5.88 Å². The Balaban J connectivity index is 2.14. The van der Waals surface area contributed by atoms with Gasteiger partial charge in [-0.05, 0) is 29.8 Å². The van der Waals surface area contributed by atoms with Gasteiger partial charge in [0.1, 0.15) is 5.69 Å². The highest BCUT2D eigenvalue weighted by atomic mass is 79.9. The van der Waals surface area contributed by atoms with Crippen LogP contribution in [0.2, 0.25) is 5.02 Å². The summed E-state index contributed by atoms with van der Waals surface area (Å²) < 4.78 is 6.15. The second-order valence-corrected chi connectivity index (χ2v) is 5.64. The van der Waals surface area contributed by atoms with Crippen molar-refractivity contribution in [2.45, 2.75) is 0 Å². The van der Waals surface area contributed by atoms with Gasteiger partial charge in [0, 0.05) is 15.1 Å². The van der Waals surface area contributed by atoms with E-state index in [-0.39, 0.29) is 0 Å². The molecule has 0 bridgehead atoms. The van der Waals surface area contributed by atoms with Gasteiger partial charge < -0.3 is 10.3 Å². The van der Waals surface area contributed by atoms with E-state index in [1.807, 2.05) is 48.5 Å². The molecule has 0 spiro atoms. The summed E-state index contributed by atoms with van der Waals surface area (Å²) in [6, 6.07) is 15.2. The molecule has 2 N–H and O–H groups in total. The Morgan fingerprint density at radius 2 is 1.55 bits per heavy atom. The molecule has 3 rings (SSSR count). The van der Waals surface area contributed by atoms with Crippen molar-refractivity contribution < 1.29 is 4.52 Å². The Bertz CT molecular complexity index is 736. The van der Waals surface area contributed by atoms with Crippen LogP contribution in [0, 0.1) is 0 Å². The molecule has 0 atom stereocenters. The molecule has 3 aromatic rings. The fourth-order valence-corrected chi connectivity index (χ4v) is 2.39. The predicted octanol–water partition coefficient (Wildman–Crippen LogP) is 5.01. The largest absolute Gasteiger partial charge is 0.367 e. The molecule has 0 fully saturated rings. The van der Waals surface area contributed by atoms with Crippen molar-refractivity contribution in [3.05, 3.63) is 58.0 Å². The van der Waals surface area contributed by atoms with Crippen LogP contribution in [0.5, 0.6) is 0 Å². The second-order valence-electron chi connectivity index (χ2n) is 4.28. The number of anilines is 1. The van der Waals surface area contributed by atoms with Crippen LogP contribution in [0.1, 0.15) is 0 Å². The van der Waals surface area contributed by atoms with E-state index in [0.717, 1.165) is 26.9 Å². The van der Waals surface area contributed by atoms with E-state index in [2.05, 4.69) is 21.1 Å². The molecule has 0 radical (unpaired) electrons. The van der Waals surface area contributed by atoms with Crippen molar-refractivity contribution in [2.75, 3.05) is 5.73 Å². The molecule has 2 aromatic carbocycles. The summed E-state index contributed by atoms with van der Waals surface area (Å²) in [4.78, 5) is 0. The van der Waals surface area contributed by atoms with E-state index in [4.69, 9.17) is 21.9 Å². The monoisotopic (exact) mass is 348 g/mol. The molecule has 5 heteroatoms. The standard InChI is InChI=1S/C15H10BrClN2O/c16-11-5-1-10(2-6-11)14-13(15(18)20-19-14)9-3-7-12(17)8-4-9/h1-8H,18H2. The number of nitrogens with zero attached hydrogens (tertiary/aromatic N) is 1. The van der Waals surface area contributed by atoms with E-state index in [9.17, 15) is 0 Å². The summed E-state index contributed by atoms with van der Waals surface area (Å²) in [5.74, 6) is 0.297. The minimum Gasteiger partial charge on any atom is -0.367 e. The average Bonchev–Trinajstić information content (AvgIpc) is 2.83. The quantitative estimate of drug-likeness (QED) is 0.708. The third kappa shape index (κ3) is 2.44. The molecule has 0 saturated heterocycles. The molecule has 0 saturated carbocycles. The smallest absolute Gasteiger partial charge is 0.230 e. The van der Waals surface area contributed by atoms with Gasteiger partial charge in [0.05, 0.1) is 5.56 Å². The maximum atomic E-state index is 5.91. The number of nitrogen functional groups attached to an aromatic ring is 1. The van der Waals surface area contributed by atoms with Crippen LogP contribution in [0.3, 0.4) is 0 Å². The highest BCUT2D eigenvalue weighted by Gasteiger charge is 2.17. The van der Waals surface area contributed by atoms with E-state index in [1.165, 1.54) is 0 Å². The van der Waals surface area contributed by atoms with Gasteiger partial charge in [-0.2, -0.15) is 0 Å². The van der Waals surface area contributed by atoms with Crippen molar-refractivity contribution in [1.29, 1.82) is 0 Å². The maximum Gasteiger partial charge on any atom is 0.230 e. The number of hydrogen-bond donors (Lipinski definition) is 1. The molecular formula is C15H10BrClN2O. The number of benzene rings is 2. The maximum absolute atomic E-state index is 5.91. The van der Waals surface area contributed by atoms with E-state index >= 15 is 0 Å². The number of aromatic nitrogens is 1. The Labute approximate surface area is 129 Å². The first-order valence-electron chi connectivity index (χ1n) is 5.92. The van der Waals surface area contributed by atoms with Crippen molar-refractivity contribution in [2.24, 2.45) is 0 Å². The van der Waals surface area contributed by atoms with Gasteiger partial charge in [0.25, 0.3) is 0 Å². The normalized spacial score (nSPS) is 10.7. The average molecular weight is 350 g/mol. The second kappa shape index (κ2) is 5.31. The van der Waals surface area contributed by atoms with Crippen molar-refractivity contribution >= 4 is 33.4 Å². The zero-order valence-corrected chi connectivity index (χ0v) is 12.6. The molecule has 100 valence electrons. The van der Waals surface area contributed by atoms with Crippen molar-refractivity contribution in [3.8, 4) is 22.4 Å². The first-order valence-corrected chi connectivity index (χ1v) is 7.09. The summed E-state index contributed by atoms with van der Waals surface area (Å²) in [5.41, 5.74) is 9.27. The van der Waals surface area contributed by atoms with Crippen LogP contribution in [-0.2, 0) is 0 Å². The SMILES string of the molecule is Nc1onc(-c2ccc(Br)cc2)c1-c1ccc(Cl)cc1. The van der Waals surface area contributed by atoms with Crippen LogP contribution in [0.25, 0.3) is 22.4 Å². The third-order valence-electron chi connectivity index (χ3n) is 2.97. The summed E-state index contributed by atoms with van der Waals surface area (Å²) >= 11 is 9.32. The van der Waals surface area contributed by atoms with E-state index in [0.29, 0.717) is 10.9 Å². The highest BCUT2D eigenvalue weighted by Crippen LogP contribution is 2.36. The third-order valence-corrected chi connectivity index (χ3v) is 3.75. The Hall–Kier alpha value is -1.78. The first-order chi connectivity index (χ1) is 9.65. The van der Waals surface area contributed by atoms with Crippen molar-refractivity contribution in [1.82, 2.24) is 5.16 Å². The zero-order valence-electron chi connectivity index (χ0n) is 10.3. The van der Waals surface area contributed by atoms with Crippen LogP contribution < -0.4 is 5.73 Å². The fraction of sp³-hybridized carbons (Fsp3) is 0. The minimum atomic E-state index is 0.297. The lowest BCUT2D eigenvalue weighted by Gasteiger charge is -2.03. The van der Waals surface area contributed by atoms with E-state index < -0.39 is 0 Å². The molecule has 0 aliphatic rings. The molecule has 0 amide bonds. The van der Waals surface area contributed by atoms with E-state index in [1.54, 1.807) is 0 Å². The number of nitrogens with two attached hydrogens (primary N) is 1. The van der Waals surface area contributed by atoms with Crippen molar-refractivity contribution in [3.63, 3.8) is 0 Å². The summed E-state index contributed by atoms with van der Waals surface area (Å²) in [7, 11) is 0. The number of hydrogen-bond acceptors (Lipinski definition) is 3. The summed E-state index contributed by atoms with van der Waals surface area (Å²) in [5, 5.41) is 4.74. The molecular weight excluding hydrogens is 340 g/mol. The van der Waals surface area contributed by atoms with Gasteiger partial charge in [-0.1, -0.05) is 57.0 Å². The van der Waals surface area contributed by atoms with Gasteiger partial charge in [-0.3, -0.25) is 0 Å². The summed E-state index contributed by atoms with van der Waals surface area (Å²) in [6.45, 7) is 0. The Kier molecular flexibility index (Phi) is 3.51. The molecule has 0 aliphatic heterocycles. The number of halogens is 2. The first kappa shape index (κ1) is 13.2. The molecule has 0 unspecified atom stereocenters. The lowest BCUT2D eigenvalue weighted by molar-refractivity contribution is 0.439. The van der Waals surface area contributed by atoms with Gasteiger partial charge in [0.15, 0.2) is 0 Å². The molecule has 1 heterocycles. The fourth-order valence-electron chi connectivity index (χ4n) is 2.00. The highest BCUT2D eigenvalue weighted by molar-refractivity contribution is 9.10. The van der Waals surface area contributed by atoms with Gasteiger partial charge >= 0.3 is 0 Å². The van der Waals surface area contributed by atoms with Gasteiger partial charge in [-0.15, -0.1) is 0 Å². The summed E-state index contributed by atoms with van der Waals surface area (Å²) in [6.07, 6.45) is 0. The Morgan fingerprint density at radius 3 is 2.20 bits per heavy atom. The molecule has 20 heavy (non-hydrogen) atoms. The number of rotatable bonds is 2. The Morgan fingerprint density at radius 1 is 0.950 bits per heavy atom. The lowest BCUT2D eigenvalue weighted by atomic mass is 10.0. The minimum absolute atomic E-state index is 0.297. The molecule has 1 aromatic heterocycles. The topological polar surface area (TPSA) is 52.0 Å². The van der Waals surface area contributed by atoms with Crippen LogP contribution >= 0.6 is 27.5 Å². The predicted molar refractivity (Wildman–Crippen MR) is 84.5 cm³/mol. The lowest BCUT2D eigenvalue weighted by Crippen LogP contribution is -1.87. The van der Waals surface area contributed by atoms with Crippen LogP contribution in [0.15, 0.2) is 57.5 Å².